The fraction of sp³-hybridized carbons (Fsp3) is 0.583. The highest BCUT2D eigenvalue weighted by atomic mass is 14.7. The molecule has 0 amide bonds. The number of aryl methyl sites for hydroxylation is 1. The van der Waals surface area contributed by atoms with Gasteiger partial charge in [0.05, 0.1) is 11.4 Å². The molecule has 0 radical (unpaired) electrons. The maximum Gasteiger partial charge on any atom is 0.0629 e. The zero-order valence-electron chi connectivity index (χ0n) is 9.00. The van der Waals surface area contributed by atoms with Crippen LogP contribution in [0.1, 0.15) is 44.7 Å². The Morgan fingerprint density at radius 2 is 1.79 bits per heavy atom. The minimum Gasteiger partial charge on any atom is -0.397 e. The van der Waals surface area contributed by atoms with Gasteiger partial charge in [-0.2, -0.15) is 0 Å². The second kappa shape index (κ2) is 6.41. The number of nitrogen functional groups attached to an aromatic ring is 1. The van der Waals surface area contributed by atoms with E-state index >= 15 is 0 Å². The highest BCUT2D eigenvalue weighted by molar-refractivity contribution is 5.41. The van der Waals surface area contributed by atoms with E-state index in [9.17, 15) is 0 Å². The predicted molar refractivity (Wildman–Crippen MR) is 61.1 cm³/mol. The number of anilines is 1. The van der Waals surface area contributed by atoms with Crippen molar-refractivity contribution >= 4 is 5.69 Å². The summed E-state index contributed by atoms with van der Waals surface area (Å²) in [5, 5.41) is 0. The summed E-state index contributed by atoms with van der Waals surface area (Å²) in [6.45, 7) is 2.04. The summed E-state index contributed by atoms with van der Waals surface area (Å²) in [5.41, 5.74) is 7.34. The lowest BCUT2D eigenvalue weighted by Gasteiger charge is -1.97. The van der Waals surface area contributed by atoms with Crippen molar-refractivity contribution in [3.8, 4) is 0 Å². The number of hydrogen-bond donors (Lipinski definition) is 1. The molecular formula is C12H20N2. The molecule has 0 bridgehead atoms. The van der Waals surface area contributed by atoms with E-state index in [1.807, 2.05) is 19.1 Å². The molecule has 0 aliphatic heterocycles. The van der Waals surface area contributed by atoms with Crippen LogP contribution in [0.15, 0.2) is 18.3 Å². The summed E-state index contributed by atoms with van der Waals surface area (Å²) in [7, 11) is 0. The van der Waals surface area contributed by atoms with Crippen LogP contribution in [-0.2, 0) is 6.42 Å². The van der Waals surface area contributed by atoms with Crippen LogP contribution in [0.5, 0.6) is 0 Å². The third-order valence-electron chi connectivity index (χ3n) is 2.51. The van der Waals surface area contributed by atoms with E-state index in [0.29, 0.717) is 0 Å². The molecule has 1 aliphatic carbocycles. The average molecular weight is 192 g/mol. The minimum atomic E-state index is 0.792. The normalized spacial score (nSPS) is 14.6. The van der Waals surface area contributed by atoms with Gasteiger partial charge in [-0.25, -0.2) is 0 Å². The van der Waals surface area contributed by atoms with Gasteiger partial charge in [-0.15, -0.1) is 0 Å². The van der Waals surface area contributed by atoms with Crippen molar-refractivity contribution < 1.29 is 0 Å². The number of pyridine rings is 1. The molecule has 1 aromatic heterocycles. The van der Waals surface area contributed by atoms with Crippen LogP contribution in [0.3, 0.4) is 0 Å². The van der Waals surface area contributed by atoms with Crippen LogP contribution in [0.25, 0.3) is 0 Å². The van der Waals surface area contributed by atoms with E-state index in [2.05, 4.69) is 4.98 Å². The molecular weight excluding hydrogens is 172 g/mol. The molecule has 0 spiro atoms. The molecule has 0 saturated heterocycles. The molecule has 2 rings (SSSR count). The van der Waals surface area contributed by atoms with Crippen LogP contribution in [0, 0.1) is 0 Å². The molecule has 2 heteroatoms. The molecule has 2 N–H and O–H groups in total. The Balaban J connectivity index is 0.000000165. The molecule has 1 fully saturated rings. The smallest absolute Gasteiger partial charge is 0.0629 e. The maximum absolute atomic E-state index is 5.57. The maximum atomic E-state index is 5.57. The molecule has 1 saturated carbocycles. The van der Waals surface area contributed by atoms with E-state index in [1.54, 1.807) is 6.20 Å². The summed E-state index contributed by atoms with van der Waals surface area (Å²) in [5.74, 6) is 0. The third-order valence-corrected chi connectivity index (χ3v) is 2.51. The number of nitrogens with zero attached hydrogens (tertiary/aromatic N) is 1. The van der Waals surface area contributed by atoms with Crippen LogP contribution in [0.2, 0.25) is 0 Å². The molecule has 0 atom stereocenters. The number of hydrogen-bond acceptors (Lipinski definition) is 2. The number of nitrogens with two attached hydrogens (primary N) is 1. The van der Waals surface area contributed by atoms with Crippen LogP contribution < -0.4 is 5.73 Å². The summed E-state index contributed by atoms with van der Waals surface area (Å²) in [6, 6.07) is 3.71. The van der Waals surface area contributed by atoms with Crippen LogP contribution in [0.4, 0.5) is 5.69 Å². The van der Waals surface area contributed by atoms with E-state index in [-0.39, 0.29) is 0 Å². The second-order valence-corrected chi connectivity index (χ2v) is 3.66. The topological polar surface area (TPSA) is 38.9 Å². The Hall–Kier alpha value is -1.05. The monoisotopic (exact) mass is 192 g/mol. The van der Waals surface area contributed by atoms with Crippen LogP contribution >= 0.6 is 0 Å². The quantitative estimate of drug-likeness (QED) is 0.742. The van der Waals surface area contributed by atoms with E-state index < -0.39 is 0 Å². The van der Waals surface area contributed by atoms with Crippen molar-refractivity contribution in [3.63, 3.8) is 0 Å². The SMILES string of the molecule is C1CCCC1.CCc1ncccc1N. The minimum absolute atomic E-state index is 0.792. The highest BCUT2D eigenvalue weighted by Crippen LogP contribution is 2.15. The lowest BCUT2D eigenvalue weighted by molar-refractivity contribution is 0.886. The third kappa shape index (κ3) is 3.77. The molecule has 78 valence electrons. The van der Waals surface area contributed by atoms with Gasteiger partial charge in [0.1, 0.15) is 0 Å². The Kier molecular flexibility index (Phi) is 5.05. The van der Waals surface area contributed by atoms with Gasteiger partial charge >= 0.3 is 0 Å². The molecule has 1 heterocycles. The Labute approximate surface area is 86.5 Å². The second-order valence-electron chi connectivity index (χ2n) is 3.66. The van der Waals surface area contributed by atoms with Gasteiger partial charge in [-0.3, -0.25) is 4.98 Å². The van der Waals surface area contributed by atoms with Gasteiger partial charge < -0.3 is 5.73 Å². The molecule has 1 aromatic rings. The number of aromatic nitrogens is 1. The van der Waals surface area contributed by atoms with Crippen molar-refractivity contribution in [3.05, 3.63) is 24.0 Å². The standard InChI is InChI=1S/C7H10N2.C5H10/c1-2-7-6(8)4-3-5-9-7;1-2-4-5-3-1/h3-5H,2,8H2,1H3;1-5H2. The average Bonchev–Trinajstić information content (AvgIpc) is 2.76. The molecule has 14 heavy (non-hydrogen) atoms. The van der Waals surface area contributed by atoms with Crippen molar-refractivity contribution in [1.82, 2.24) is 4.98 Å². The molecule has 0 unspecified atom stereocenters. The first-order valence-corrected chi connectivity index (χ1v) is 5.54. The van der Waals surface area contributed by atoms with Gasteiger partial charge in [0.15, 0.2) is 0 Å². The van der Waals surface area contributed by atoms with Crippen LogP contribution in [-0.4, -0.2) is 4.98 Å². The van der Waals surface area contributed by atoms with Gasteiger partial charge in [0, 0.05) is 6.20 Å². The summed E-state index contributed by atoms with van der Waals surface area (Å²) < 4.78 is 0. The van der Waals surface area contributed by atoms with Crippen molar-refractivity contribution in [2.45, 2.75) is 45.4 Å². The lowest BCUT2D eigenvalue weighted by Crippen LogP contribution is -1.94. The van der Waals surface area contributed by atoms with E-state index in [0.717, 1.165) is 17.8 Å². The number of rotatable bonds is 1. The Morgan fingerprint density at radius 1 is 1.21 bits per heavy atom. The first-order chi connectivity index (χ1) is 6.84. The first kappa shape index (κ1) is 11.0. The Morgan fingerprint density at radius 3 is 2.14 bits per heavy atom. The zero-order valence-corrected chi connectivity index (χ0v) is 9.00. The lowest BCUT2D eigenvalue weighted by atomic mass is 10.2. The van der Waals surface area contributed by atoms with Gasteiger partial charge in [0.2, 0.25) is 0 Å². The molecule has 0 aromatic carbocycles. The predicted octanol–water partition coefficient (Wildman–Crippen LogP) is 3.18. The van der Waals surface area contributed by atoms with E-state index in [4.69, 9.17) is 5.73 Å². The van der Waals surface area contributed by atoms with Crippen molar-refractivity contribution in [2.24, 2.45) is 0 Å². The summed E-state index contributed by atoms with van der Waals surface area (Å²) in [6.07, 6.45) is 10.2. The first-order valence-electron chi connectivity index (χ1n) is 5.54. The molecule has 1 aliphatic rings. The van der Waals surface area contributed by atoms with Crippen molar-refractivity contribution in [2.75, 3.05) is 5.73 Å². The Bertz CT molecular complexity index is 247. The van der Waals surface area contributed by atoms with Gasteiger partial charge in [0.25, 0.3) is 0 Å². The largest absolute Gasteiger partial charge is 0.397 e. The van der Waals surface area contributed by atoms with E-state index in [1.165, 1.54) is 32.1 Å². The van der Waals surface area contributed by atoms with Crippen molar-refractivity contribution in [1.29, 1.82) is 0 Å². The fourth-order valence-corrected chi connectivity index (χ4v) is 1.63. The zero-order chi connectivity index (χ0) is 10.2. The van der Waals surface area contributed by atoms with Gasteiger partial charge in [-0.1, -0.05) is 39.0 Å². The fourth-order valence-electron chi connectivity index (χ4n) is 1.63. The molecule has 2 nitrogen and oxygen atoms in total. The summed E-state index contributed by atoms with van der Waals surface area (Å²) >= 11 is 0. The highest BCUT2D eigenvalue weighted by Gasteiger charge is 1.95. The van der Waals surface area contributed by atoms with Gasteiger partial charge in [-0.05, 0) is 18.6 Å². The summed E-state index contributed by atoms with van der Waals surface area (Å²) in [4.78, 5) is 4.07.